The van der Waals surface area contributed by atoms with E-state index in [1.165, 1.54) is 0 Å². The van der Waals surface area contributed by atoms with Gasteiger partial charge in [-0.1, -0.05) is 19.9 Å². The summed E-state index contributed by atoms with van der Waals surface area (Å²) in [5, 5.41) is 2.83. The zero-order chi connectivity index (χ0) is 12.6. The van der Waals surface area contributed by atoms with Crippen molar-refractivity contribution in [2.24, 2.45) is 10.9 Å². The number of hydrogen-bond acceptors (Lipinski definition) is 3. The average Bonchev–Trinajstić information content (AvgIpc) is 2.57. The number of hydrogen-bond donors (Lipinski definition) is 1. The predicted octanol–water partition coefficient (Wildman–Crippen LogP) is 1.68. The van der Waals surface area contributed by atoms with Crippen LogP contribution in [0.5, 0.6) is 0 Å². The molecule has 1 N–H and O–H groups in total. The van der Waals surface area contributed by atoms with Crippen LogP contribution >= 0.6 is 0 Å². The zero-order valence-corrected chi connectivity index (χ0v) is 10.6. The number of amides is 1. The maximum Gasteiger partial charge on any atom is 0.253 e. The molecule has 1 amide bonds. The van der Waals surface area contributed by atoms with Gasteiger partial charge >= 0.3 is 0 Å². The van der Waals surface area contributed by atoms with Crippen LogP contribution in [0.3, 0.4) is 0 Å². The largest absolute Gasteiger partial charge is 0.307 e. The Hall–Kier alpha value is -1.71. The fraction of sp³-hybridized carbons (Fsp3) is 0.462. The number of aliphatic imine (C=N–C) groups is 1. The molecule has 0 radical (unpaired) electrons. The van der Waals surface area contributed by atoms with Crippen LogP contribution < -0.4 is 5.32 Å². The zero-order valence-electron chi connectivity index (χ0n) is 10.6. The van der Waals surface area contributed by atoms with Crippen LogP contribution in [0.1, 0.15) is 32.0 Å². The minimum absolute atomic E-state index is 0.0486. The molecule has 1 atom stereocenters. The number of carbonyl (C=O) groups is 1. The number of aryl methyl sites for hydroxylation is 1. The van der Waals surface area contributed by atoms with Gasteiger partial charge in [0.05, 0.1) is 0 Å². The van der Waals surface area contributed by atoms with Gasteiger partial charge < -0.3 is 5.32 Å². The normalized spacial score (nSPS) is 23.8. The van der Waals surface area contributed by atoms with Crippen LogP contribution in [0.4, 0.5) is 0 Å². The van der Waals surface area contributed by atoms with E-state index in [0.717, 1.165) is 11.3 Å². The average molecular weight is 231 g/mol. The molecule has 1 aromatic heterocycles. The highest BCUT2D eigenvalue weighted by molar-refractivity contribution is 6.14. The van der Waals surface area contributed by atoms with Gasteiger partial charge in [-0.3, -0.25) is 9.78 Å². The molecule has 0 aliphatic carbocycles. The Morgan fingerprint density at radius 1 is 1.41 bits per heavy atom. The molecule has 1 unspecified atom stereocenters. The first kappa shape index (κ1) is 11.8. The summed E-state index contributed by atoms with van der Waals surface area (Å²) >= 11 is 0. The summed E-state index contributed by atoms with van der Waals surface area (Å²) in [6.07, 6.45) is 1.71. The second-order valence-electron chi connectivity index (χ2n) is 4.89. The quantitative estimate of drug-likeness (QED) is 0.842. The standard InChI is InChI=1S/C13H17N3O/c1-8(2)13(4)12(17)15-11(16-13)10-9(3)6-5-7-14-10/h5-8H,1-4H3,(H,15,16,17). The van der Waals surface area contributed by atoms with Gasteiger partial charge in [0.2, 0.25) is 0 Å². The van der Waals surface area contributed by atoms with Crippen LogP contribution in [-0.4, -0.2) is 22.3 Å². The fourth-order valence-electron chi connectivity index (χ4n) is 1.78. The van der Waals surface area contributed by atoms with Gasteiger partial charge in [-0.2, -0.15) is 0 Å². The topological polar surface area (TPSA) is 54.4 Å². The highest BCUT2D eigenvalue weighted by atomic mass is 16.2. The summed E-state index contributed by atoms with van der Waals surface area (Å²) in [5.74, 6) is 0.695. The summed E-state index contributed by atoms with van der Waals surface area (Å²) in [7, 11) is 0. The number of rotatable bonds is 2. The first-order valence-electron chi connectivity index (χ1n) is 5.78. The van der Waals surface area contributed by atoms with Gasteiger partial charge in [0, 0.05) is 6.20 Å². The lowest BCUT2D eigenvalue weighted by molar-refractivity contribution is -0.124. The second-order valence-corrected chi connectivity index (χ2v) is 4.89. The van der Waals surface area contributed by atoms with Gasteiger partial charge in [-0.25, -0.2) is 4.99 Å². The first-order chi connectivity index (χ1) is 7.95. The fourth-order valence-corrected chi connectivity index (χ4v) is 1.78. The van der Waals surface area contributed by atoms with E-state index in [2.05, 4.69) is 15.3 Å². The van der Waals surface area contributed by atoms with E-state index in [9.17, 15) is 4.79 Å². The van der Waals surface area contributed by atoms with Crippen LogP contribution in [0.15, 0.2) is 23.3 Å². The number of aromatic nitrogens is 1. The summed E-state index contributed by atoms with van der Waals surface area (Å²) < 4.78 is 0. The lowest BCUT2D eigenvalue weighted by Gasteiger charge is -2.21. The van der Waals surface area contributed by atoms with E-state index >= 15 is 0 Å². The van der Waals surface area contributed by atoms with Gasteiger partial charge in [0.15, 0.2) is 5.84 Å². The Balaban J connectivity index is 2.44. The molecule has 2 heterocycles. The minimum atomic E-state index is -0.681. The third-order valence-electron chi connectivity index (χ3n) is 3.39. The van der Waals surface area contributed by atoms with Crippen LogP contribution in [-0.2, 0) is 4.79 Å². The van der Waals surface area contributed by atoms with E-state index in [1.54, 1.807) is 6.20 Å². The summed E-state index contributed by atoms with van der Waals surface area (Å²) in [5.41, 5.74) is 1.09. The van der Waals surface area contributed by atoms with Crippen LogP contribution in [0, 0.1) is 12.8 Å². The highest BCUT2D eigenvalue weighted by Crippen LogP contribution is 2.26. The van der Waals surface area contributed by atoms with E-state index in [4.69, 9.17) is 0 Å². The lowest BCUT2D eigenvalue weighted by Crippen LogP contribution is -2.41. The maximum absolute atomic E-state index is 12.0. The Bertz CT molecular complexity index is 493. The number of pyridine rings is 1. The van der Waals surface area contributed by atoms with E-state index in [1.807, 2.05) is 39.8 Å². The Kier molecular flexibility index (Phi) is 2.73. The smallest absolute Gasteiger partial charge is 0.253 e. The second kappa shape index (κ2) is 3.95. The van der Waals surface area contributed by atoms with Crippen molar-refractivity contribution in [1.29, 1.82) is 0 Å². The molecule has 1 aliphatic heterocycles. The highest BCUT2D eigenvalue weighted by Gasteiger charge is 2.42. The SMILES string of the molecule is Cc1cccnc1C1=NC(C)(C(C)C)C(=O)N1. The minimum Gasteiger partial charge on any atom is -0.307 e. The van der Waals surface area contributed by atoms with Gasteiger partial charge in [-0.15, -0.1) is 0 Å². The molecule has 0 saturated carbocycles. The van der Waals surface area contributed by atoms with Crippen molar-refractivity contribution in [1.82, 2.24) is 10.3 Å². The van der Waals surface area contributed by atoms with E-state index in [0.29, 0.717) is 5.84 Å². The van der Waals surface area contributed by atoms with Gasteiger partial charge in [-0.05, 0) is 31.4 Å². The van der Waals surface area contributed by atoms with Crippen molar-refractivity contribution in [3.05, 3.63) is 29.6 Å². The van der Waals surface area contributed by atoms with Crippen molar-refractivity contribution in [3.8, 4) is 0 Å². The molecule has 4 heteroatoms. The number of nitrogens with zero attached hydrogens (tertiary/aromatic N) is 2. The van der Waals surface area contributed by atoms with Crippen LogP contribution in [0.25, 0.3) is 0 Å². The molecular weight excluding hydrogens is 214 g/mol. The number of amidine groups is 1. The van der Waals surface area contributed by atoms with E-state index < -0.39 is 5.54 Å². The molecule has 0 bridgehead atoms. The van der Waals surface area contributed by atoms with Crippen molar-refractivity contribution in [3.63, 3.8) is 0 Å². The molecule has 0 saturated heterocycles. The summed E-state index contributed by atoms with van der Waals surface area (Å²) in [4.78, 5) is 20.8. The molecule has 0 fully saturated rings. The maximum atomic E-state index is 12.0. The molecule has 0 aromatic carbocycles. The van der Waals surface area contributed by atoms with Crippen molar-refractivity contribution >= 4 is 11.7 Å². The third kappa shape index (κ3) is 1.84. The van der Waals surface area contributed by atoms with Gasteiger partial charge in [0.1, 0.15) is 11.2 Å². The predicted molar refractivity (Wildman–Crippen MR) is 66.9 cm³/mol. The number of nitrogens with one attached hydrogen (secondary N) is 1. The van der Waals surface area contributed by atoms with Crippen LogP contribution in [0.2, 0.25) is 0 Å². The Morgan fingerprint density at radius 2 is 2.12 bits per heavy atom. The molecule has 1 aliphatic rings. The van der Waals surface area contributed by atoms with E-state index in [-0.39, 0.29) is 11.8 Å². The molecule has 4 nitrogen and oxygen atoms in total. The lowest BCUT2D eigenvalue weighted by atomic mass is 9.89. The Labute approximate surface area is 101 Å². The molecular formula is C13H17N3O. The first-order valence-corrected chi connectivity index (χ1v) is 5.78. The molecule has 0 spiro atoms. The van der Waals surface area contributed by atoms with Crippen molar-refractivity contribution < 1.29 is 4.79 Å². The van der Waals surface area contributed by atoms with Gasteiger partial charge in [0.25, 0.3) is 5.91 Å². The monoisotopic (exact) mass is 231 g/mol. The third-order valence-corrected chi connectivity index (χ3v) is 3.39. The molecule has 17 heavy (non-hydrogen) atoms. The summed E-state index contributed by atoms with van der Waals surface area (Å²) in [6.45, 7) is 7.81. The molecule has 90 valence electrons. The molecule has 1 aromatic rings. The number of carbonyl (C=O) groups excluding carboxylic acids is 1. The van der Waals surface area contributed by atoms with Crippen molar-refractivity contribution in [2.45, 2.75) is 33.2 Å². The Morgan fingerprint density at radius 3 is 2.65 bits per heavy atom. The summed E-state index contributed by atoms with van der Waals surface area (Å²) in [6, 6.07) is 3.83. The molecule has 2 rings (SSSR count). The van der Waals surface area contributed by atoms with Crippen molar-refractivity contribution in [2.75, 3.05) is 0 Å².